The van der Waals surface area contributed by atoms with Crippen molar-refractivity contribution in [2.24, 2.45) is 11.8 Å². The highest BCUT2D eigenvalue weighted by atomic mass is 16.5. The van der Waals surface area contributed by atoms with Crippen LogP contribution in [0.2, 0.25) is 0 Å². The van der Waals surface area contributed by atoms with Crippen LogP contribution in [0.3, 0.4) is 0 Å². The highest BCUT2D eigenvalue weighted by Gasteiger charge is 2.21. The quantitative estimate of drug-likeness (QED) is 0.498. The molecule has 1 aromatic rings. The largest absolute Gasteiger partial charge is 0.497 e. The van der Waals surface area contributed by atoms with Gasteiger partial charge in [0, 0.05) is 6.54 Å². The molecular weight excluding hydrogens is 346 g/mol. The number of benzene rings is 1. The van der Waals surface area contributed by atoms with Gasteiger partial charge in [0.2, 0.25) is 0 Å². The lowest BCUT2D eigenvalue weighted by Crippen LogP contribution is -2.23. The van der Waals surface area contributed by atoms with Gasteiger partial charge in [-0.05, 0) is 70.5 Å². The normalized spacial score (nSPS) is 22.9. The number of rotatable bonds is 3. The number of nitrogens with one attached hydrogen (secondary N) is 3. The van der Waals surface area contributed by atoms with Crippen molar-refractivity contribution in [1.29, 1.82) is 0 Å². The van der Waals surface area contributed by atoms with Crippen molar-refractivity contribution in [3.8, 4) is 5.75 Å². The highest BCUT2D eigenvalue weighted by Crippen LogP contribution is 2.13. The van der Waals surface area contributed by atoms with Gasteiger partial charge in [-0.25, -0.2) is 0 Å². The van der Waals surface area contributed by atoms with Gasteiger partial charge in [0.15, 0.2) is 0 Å². The second-order valence-electron chi connectivity index (χ2n) is 6.72. The zero-order valence-corrected chi connectivity index (χ0v) is 17.1. The smallest absolute Gasteiger partial charge is 0.290 e. The lowest BCUT2D eigenvalue weighted by Gasteiger charge is -2.11. The van der Waals surface area contributed by atoms with E-state index >= 15 is 0 Å². The van der Waals surface area contributed by atoms with Crippen molar-refractivity contribution in [3.63, 3.8) is 0 Å². The van der Waals surface area contributed by atoms with Gasteiger partial charge in [-0.1, -0.05) is 24.6 Å². The molecule has 0 saturated carbocycles. The number of β-amino-alcohol motifs (C(OH)–C–C–N with tert-alkyl or cyclic N) is 1. The van der Waals surface area contributed by atoms with Crippen molar-refractivity contribution in [3.05, 3.63) is 29.8 Å². The van der Waals surface area contributed by atoms with Crippen molar-refractivity contribution >= 4 is 6.47 Å². The molecule has 0 aliphatic carbocycles. The molecule has 7 nitrogen and oxygen atoms in total. The summed E-state index contributed by atoms with van der Waals surface area (Å²) in [6.45, 7) is 9.45. The number of carbonyl (C=O) groups is 1. The van der Waals surface area contributed by atoms with E-state index in [-0.39, 0.29) is 12.6 Å². The third-order valence-electron chi connectivity index (χ3n) is 4.43. The molecule has 3 unspecified atom stereocenters. The third kappa shape index (κ3) is 13.2. The molecule has 156 valence electrons. The molecule has 0 amide bonds. The van der Waals surface area contributed by atoms with Crippen LogP contribution in [0.1, 0.15) is 18.9 Å². The van der Waals surface area contributed by atoms with E-state index in [4.69, 9.17) is 19.7 Å². The molecule has 0 aromatic heterocycles. The highest BCUT2D eigenvalue weighted by molar-refractivity contribution is 5.32. The Balaban J connectivity index is 0.000000356. The van der Waals surface area contributed by atoms with Crippen LogP contribution in [0.15, 0.2) is 24.3 Å². The predicted octanol–water partition coefficient (Wildman–Crippen LogP) is 1.11. The van der Waals surface area contributed by atoms with E-state index in [1.54, 1.807) is 7.11 Å². The third-order valence-corrected chi connectivity index (χ3v) is 4.43. The first-order valence-electron chi connectivity index (χ1n) is 9.41. The zero-order chi connectivity index (χ0) is 20.5. The van der Waals surface area contributed by atoms with Crippen molar-refractivity contribution in [2.45, 2.75) is 26.4 Å². The molecular formula is C20H37N3O4. The molecule has 5 N–H and O–H groups in total. The summed E-state index contributed by atoms with van der Waals surface area (Å²) in [5.41, 5.74) is 1.26. The first-order chi connectivity index (χ1) is 13.0. The Kier molecular flexibility index (Phi) is 15.5. The monoisotopic (exact) mass is 383 g/mol. The first kappa shape index (κ1) is 25.3. The minimum atomic E-state index is -0.250. The first-order valence-corrected chi connectivity index (χ1v) is 9.41. The topological polar surface area (TPSA) is 103 Å². The second-order valence-corrected chi connectivity index (χ2v) is 6.72. The molecule has 2 heterocycles. The maximum Gasteiger partial charge on any atom is 0.290 e. The van der Waals surface area contributed by atoms with Crippen molar-refractivity contribution < 1.29 is 19.7 Å². The number of aliphatic hydroxyl groups excluding tert-OH is 1. The summed E-state index contributed by atoms with van der Waals surface area (Å²) < 4.78 is 4.97. The molecule has 3 atom stereocenters. The Morgan fingerprint density at radius 1 is 1.22 bits per heavy atom. The average Bonchev–Trinajstić information content (AvgIpc) is 3.29. The average molecular weight is 384 g/mol. The van der Waals surface area contributed by atoms with Gasteiger partial charge in [0.25, 0.3) is 6.47 Å². The van der Waals surface area contributed by atoms with Crippen molar-refractivity contribution in [2.75, 3.05) is 46.9 Å². The summed E-state index contributed by atoms with van der Waals surface area (Å²) in [5, 5.41) is 25.1. The predicted molar refractivity (Wildman–Crippen MR) is 109 cm³/mol. The molecule has 2 fully saturated rings. The van der Waals surface area contributed by atoms with Gasteiger partial charge in [-0.15, -0.1) is 0 Å². The number of methoxy groups -OCH3 is 1. The molecule has 2 aliphatic rings. The van der Waals surface area contributed by atoms with Crippen LogP contribution < -0.4 is 20.7 Å². The number of carboxylic acid groups (broad SMARTS) is 1. The molecule has 1 aromatic carbocycles. The minimum Gasteiger partial charge on any atom is -0.497 e. The number of aliphatic hydroxyl groups is 1. The molecule has 0 radical (unpaired) electrons. The Hall–Kier alpha value is -1.67. The fourth-order valence-corrected chi connectivity index (χ4v) is 2.71. The van der Waals surface area contributed by atoms with Crippen molar-refractivity contribution in [1.82, 2.24) is 16.0 Å². The Morgan fingerprint density at radius 2 is 1.85 bits per heavy atom. The number of hydrogen-bond acceptors (Lipinski definition) is 6. The van der Waals surface area contributed by atoms with E-state index in [0.717, 1.165) is 43.6 Å². The van der Waals surface area contributed by atoms with E-state index in [2.05, 4.69) is 29.8 Å². The van der Waals surface area contributed by atoms with Gasteiger partial charge < -0.3 is 30.9 Å². The van der Waals surface area contributed by atoms with E-state index in [0.29, 0.717) is 0 Å². The molecule has 2 saturated heterocycles. The standard InChI is InChI=1S/C8H10O.C7H16N2.C4H9NO.CH2O2/c1-7-3-5-8(9-2)6-4-7;1-6-3-9-5-7(6)4-8-2;6-4-1-2-5-3-4;2-1-3/h3-6H,1-2H3;6-9H,3-5H2,1-2H3;4-6H,1-3H2;1H,(H,2,3). The summed E-state index contributed by atoms with van der Waals surface area (Å²) >= 11 is 0. The molecule has 3 rings (SSSR count). The maximum absolute atomic E-state index is 8.67. The molecule has 7 heteroatoms. The van der Waals surface area contributed by atoms with Crippen LogP contribution in [-0.4, -0.2) is 69.7 Å². The summed E-state index contributed by atoms with van der Waals surface area (Å²) in [4.78, 5) is 8.36. The Morgan fingerprint density at radius 3 is 2.19 bits per heavy atom. The van der Waals surface area contributed by atoms with Crippen LogP contribution in [-0.2, 0) is 4.79 Å². The van der Waals surface area contributed by atoms with Gasteiger partial charge in [-0.3, -0.25) is 4.79 Å². The summed E-state index contributed by atoms with van der Waals surface area (Å²) in [6, 6.07) is 7.96. The molecule has 0 bridgehead atoms. The number of hydrogen-bond donors (Lipinski definition) is 5. The zero-order valence-electron chi connectivity index (χ0n) is 17.1. The van der Waals surface area contributed by atoms with Gasteiger partial charge in [0.1, 0.15) is 5.75 Å². The van der Waals surface area contributed by atoms with E-state index in [9.17, 15) is 0 Å². The van der Waals surface area contributed by atoms with Crippen LogP contribution in [0.25, 0.3) is 0 Å². The molecule has 27 heavy (non-hydrogen) atoms. The fraction of sp³-hybridized carbons (Fsp3) is 0.650. The summed E-state index contributed by atoms with van der Waals surface area (Å²) in [5.74, 6) is 2.63. The second kappa shape index (κ2) is 16.5. The van der Waals surface area contributed by atoms with Gasteiger partial charge in [-0.2, -0.15) is 0 Å². The SMILES string of the molecule is CNCC1CNCC1C.COc1ccc(C)cc1.O=CO.OC1CCNC1. The lowest BCUT2D eigenvalue weighted by atomic mass is 9.98. The lowest BCUT2D eigenvalue weighted by molar-refractivity contribution is -0.122. The Bertz CT molecular complexity index is 465. The number of ether oxygens (including phenoxy) is 1. The Labute approximate surface area is 163 Å². The van der Waals surface area contributed by atoms with Gasteiger partial charge in [0.05, 0.1) is 13.2 Å². The van der Waals surface area contributed by atoms with E-state index < -0.39 is 0 Å². The van der Waals surface area contributed by atoms with E-state index in [1.165, 1.54) is 18.7 Å². The van der Waals surface area contributed by atoms with Crippen LogP contribution in [0.5, 0.6) is 5.75 Å². The molecule has 0 spiro atoms. The summed E-state index contributed by atoms with van der Waals surface area (Å²) in [7, 11) is 3.69. The minimum absolute atomic E-state index is 0.0648. The van der Waals surface area contributed by atoms with Crippen LogP contribution in [0.4, 0.5) is 0 Å². The van der Waals surface area contributed by atoms with Crippen LogP contribution in [0, 0.1) is 18.8 Å². The molecule has 2 aliphatic heterocycles. The van der Waals surface area contributed by atoms with Crippen LogP contribution >= 0.6 is 0 Å². The summed E-state index contributed by atoms with van der Waals surface area (Å²) in [6.07, 6.45) is 0.866. The number of aryl methyl sites for hydroxylation is 1. The van der Waals surface area contributed by atoms with E-state index in [1.807, 2.05) is 31.3 Å². The fourth-order valence-electron chi connectivity index (χ4n) is 2.71. The maximum atomic E-state index is 8.67. The van der Waals surface area contributed by atoms with Gasteiger partial charge >= 0.3 is 0 Å².